The first-order chi connectivity index (χ1) is 8.16. The van der Waals surface area contributed by atoms with E-state index in [1.54, 1.807) is 18.3 Å². The molecule has 1 aromatic heterocycles. The minimum absolute atomic E-state index is 0.232. The standard InChI is InChI=1S/C11H7Br2N3O/c12-7-1-2-8(9(13)5-7)11(17)16-10-6-14-3-4-15-10/h1-6H,(H,15,16,17). The Bertz CT molecular complexity index is 546. The zero-order chi connectivity index (χ0) is 12.3. The van der Waals surface area contributed by atoms with Crippen LogP contribution in [0.2, 0.25) is 0 Å². The summed E-state index contributed by atoms with van der Waals surface area (Å²) in [6.07, 6.45) is 4.56. The van der Waals surface area contributed by atoms with Crippen molar-refractivity contribution in [2.45, 2.75) is 0 Å². The number of carbonyl (C=O) groups is 1. The van der Waals surface area contributed by atoms with Crippen molar-refractivity contribution in [2.24, 2.45) is 0 Å². The van der Waals surface area contributed by atoms with Gasteiger partial charge in [-0.2, -0.15) is 0 Å². The number of hydrogen-bond acceptors (Lipinski definition) is 3. The molecule has 1 heterocycles. The second-order valence-electron chi connectivity index (χ2n) is 3.17. The molecule has 0 saturated carbocycles. The maximum Gasteiger partial charge on any atom is 0.258 e. The molecule has 4 nitrogen and oxygen atoms in total. The van der Waals surface area contributed by atoms with E-state index in [1.807, 2.05) is 6.07 Å². The molecule has 1 aromatic carbocycles. The third-order valence-corrected chi connectivity index (χ3v) is 3.13. The predicted octanol–water partition coefficient (Wildman–Crippen LogP) is 3.25. The van der Waals surface area contributed by atoms with Gasteiger partial charge in [-0.1, -0.05) is 15.9 Å². The van der Waals surface area contributed by atoms with E-state index in [4.69, 9.17) is 0 Å². The third-order valence-electron chi connectivity index (χ3n) is 1.98. The van der Waals surface area contributed by atoms with Gasteiger partial charge in [0.15, 0.2) is 5.82 Å². The molecule has 6 heteroatoms. The lowest BCUT2D eigenvalue weighted by molar-refractivity contribution is 0.102. The van der Waals surface area contributed by atoms with Crippen LogP contribution in [0.4, 0.5) is 5.82 Å². The fraction of sp³-hybridized carbons (Fsp3) is 0. The van der Waals surface area contributed by atoms with Crippen LogP contribution in [0.25, 0.3) is 0 Å². The van der Waals surface area contributed by atoms with Crippen LogP contribution in [0.15, 0.2) is 45.7 Å². The van der Waals surface area contributed by atoms with Crippen LogP contribution < -0.4 is 5.32 Å². The Labute approximate surface area is 115 Å². The molecular formula is C11H7Br2N3O. The number of aromatic nitrogens is 2. The van der Waals surface area contributed by atoms with E-state index in [-0.39, 0.29) is 5.91 Å². The Kier molecular flexibility index (Phi) is 3.86. The first kappa shape index (κ1) is 12.2. The molecule has 86 valence electrons. The zero-order valence-corrected chi connectivity index (χ0v) is 11.7. The highest BCUT2D eigenvalue weighted by atomic mass is 79.9. The largest absolute Gasteiger partial charge is 0.305 e. The smallest absolute Gasteiger partial charge is 0.258 e. The summed E-state index contributed by atoms with van der Waals surface area (Å²) in [5.74, 6) is 0.192. The van der Waals surface area contributed by atoms with E-state index < -0.39 is 0 Å². The van der Waals surface area contributed by atoms with Gasteiger partial charge in [-0.25, -0.2) is 4.98 Å². The quantitative estimate of drug-likeness (QED) is 0.898. The number of nitrogens with zero attached hydrogens (tertiary/aromatic N) is 2. The lowest BCUT2D eigenvalue weighted by Crippen LogP contribution is -2.13. The van der Waals surface area contributed by atoms with Crippen LogP contribution >= 0.6 is 31.9 Å². The Morgan fingerprint density at radius 1 is 1.24 bits per heavy atom. The van der Waals surface area contributed by atoms with Crippen LogP contribution in [0.5, 0.6) is 0 Å². The number of nitrogens with one attached hydrogen (secondary N) is 1. The van der Waals surface area contributed by atoms with Gasteiger partial charge < -0.3 is 5.32 Å². The van der Waals surface area contributed by atoms with Crippen molar-refractivity contribution in [3.8, 4) is 0 Å². The molecule has 0 spiro atoms. The van der Waals surface area contributed by atoms with Crippen LogP contribution in [0.3, 0.4) is 0 Å². The second-order valence-corrected chi connectivity index (χ2v) is 4.94. The van der Waals surface area contributed by atoms with Crippen LogP contribution in [-0.2, 0) is 0 Å². The molecule has 0 unspecified atom stereocenters. The van der Waals surface area contributed by atoms with E-state index in [2.05, 4.69) is 47.1 Å². The molecule has 1 N–H and O–H groups in total. The van der Waals surface area contributed by atoms with Gasteiger partial charge in [0.25, 0.3) is 5.91 Å². The van der Waals surface area contributed by atoms with Gasteiger partial charge in [0, 0.05) is 21.3 Å². The van der Waals surface area contributed by atoms with Crippen molar-refractivity contribution in [3.63, 3.8) is 0 Å². The average molecular weight is 357 g/mol. The highest BCUT2D eigenvalue weighted by molar-refractivity contribution is 9.11. The number of amides is 1. The summed E-state index contributed by atoms with van der Waals surface area (Å²) in [7, 11) is 0. The van der Waals surface area contributed by atoms with Gasteiger partial charge >= 0.3 is 0 Å². The van der Waals surface area contributed by atoms with Gasteiger partial charge in [0.2, 0.25) is 0 Å². The summed E-state index contributed by atoms with van der Waals surface area (Å²) in [4.78, 5) is 19.8. The molecule has 17 heavy (non-hydrogen) atoms. The molecule has 0 radical (unpaired) electrons. The number of hydrogen-bond donors (Lipinski definition) is 1. The van der Waals surface area contributed by atoms with Gasteiger partial charge in [-0.05, 0) is 34.1 Å². The Hall–Kier alpha value is -1.27. The Balaban J connectivity index is 2.21. The highest BCUT2D eigenvalue weighted by Gasteiger charge is 2.10. The maximum absolute atomic E-state index is 11.9. The normalized spacial score (nSPS) is 10.0. The minimum atomic E-state index is -0.232. The summed E-state index contributed by atoms with van der Waals surface area (Å²) in [6.45, 7) is 0. The summed E-state index contributed by atoms with van der Waals surface area (Å²) in [5.41, 5.74) is 0.541. The van der Waals surface area contributed by atoms with E-state index in [0.717, 1.165) is 4.47 Å². The second kappa shape index (κ2) is 5.37. The number of anilines is 1. The van der Waals surface area contributed by atoms with Crippen molar-refractivity contribution in [1.82, 2.24) is 9.97 Å². The molecule has 2 rings (SSSR count). The van der Waals surface area contributed by atoms with Crippen molar-refractivity contribution in [3.05, 3.63) is 51.3 Å². The summed E-state index contributed by atoms with van der Waals surface area (Å²) in [6, 6.07) is 5.34. The molecule has 0 saturated heterocycles. The molecule has 1 amide bonds. The third kappa shape index (κ3) is 3.10. The van der Waals surface area contributed by atoms with Gasteiger partial charge in [0.1, 0.15) is 0 Å². The van der Waals surface area contributed by atoms with E-state index in [1.165, 1.54) is 12.4 Å². The van der Waals surface area contributed by atoms with Gasteiger partial charge in [-0.15, -0.1) is 0 Å². The monoisotopic (exact) mass is 355 g/mol. The van der Waals surface area contributed by atoms with E-state index >= 15 is 0 Å². The molecule has 2 aromatic rings. The van der Waals surface area contributed by atoms with Crippen molar-refractivity contribution < 1.29 is 4.79 Å². The summed E-state index contributed by atoms with van der Waals surface area (Å²) < 4.78 is 1.62. The topological polar surface area (TPSA) is 54.9 Å². The summed E-state index contributed by atoms with van der Waals surface area (Å²) >= 11 is 6.66. The van der Waals surface area contributed by atoms with Gasteiger partial charge in [0.05, 0.1) is 11.8 Å². The molecule has 0 aliphatic rings. The number of carbonyl (C=O) groups excluding carboxylic acids is 1. The Morgan fingerprint density at radius 2 is 2.06 bits per heavy atom. The lowest BCUT2D eigenvalue weighted by atomic mass is 10.2. The Morgan fingerprint density at radius 3 is 2.71 bits per heavy atom. The predicted molar refractivity (Wildman–Crippen MR) is 71.8 cm³/mol. The SMILES string of the molecule is O=C(Nc1cnccn1)c1ccc(Br)cc1Br. The minimum Gasteiger partial charge on any atom is -0.305 e. The highest BCUT2D eigenvalue weighted by Crippen LogP contribution is 2.22. The zero-order valence-electron chi connectivity index (χ0n) is 8.52. The first-order valence-electron chi connectivity index (χ1n) is 4.69. The van der Waals surface area contributed by atoms with Crippen LogP contribution in [0, 0.1) is 0 Å². The number of halogens is 2. The van der Waals surface area contributed by atoms with Crippen molar-refractivity contribution >= 4 is 43.6 Å². The molecule has 0 atom stereocenters. The molecular weight excluding hydrogens is 350 g/mol. The fourth-order valence-corrected chi connectivity index (χ4v) is 2.45. The van der Waals surface area contributed by atoms with Crippen LogP contribution in [0.1, 0.15) is 10.4 Å². The summed E-state index contributed by atoms with van der Waals surface area (Å²) in [5, 5.41) is 2.66. The molecule has 0 aliphatic carbocycles. The van der Waals surface area contributed by atoms with Gasteiger partial charge in [-0.3, -0.25) is 9.78 Å². The lowest BCUT2D eigenvalue weighted by Gasteiger charge is -2.05. The number of rotatable bonds is 2. The fourth-order valence-electron chi connectivity index (χ4n) is 1.22. The van der Waals surface area contributed by atoms with Crippen molar-refractivity contribution in [2.75, 3.05) is 5.32 Å². The number of benzene rings is 1. The molecule has 0 fully saturated rings. The van der Waals surface area contributed by atoms with E-state index in [0.29, 0.717) is 15.9 Å². The average Bonchev–Trinajstić information content (AvgIpc) is 2.30. The van der Waals surface area contributed by atoms with Crippen LogP contribution in [-0.4, -0.2) is 15.9 Å². The van der Waals surface area contributed by atoms with E-state index in [9.17, 15) is 4.79 Å². The first-order valence-corrected chi connectivity index (χ1v) is 6.28. The van der Waals surface area contributed by atoms with Crippen molar-refractivity contribution in [1.29, 1.82) is 0 Å². The molecule has 0 aliphatic heterocycles. The molecule has 0 bridgehead atoms. The maximum atomic E-state index is 11.9.